The second-order valence-electron chi connectivity index (χ2n) is 7.68. The molecule has 1 aliphatic rings. The minimum atomic E-state index is -1.38. The number of aliphatic carboxylic acids is 1. The molecule has 1 heterocycles. The Hall–Kier alpha value is -4.08. The Kier molecular flexibility index (Phi) is 8.84. The van der Waals surface area contributed by atoms with Crippen molar-refractivity contribution in [3.63, 3.8) is 0 Å². The smallest absolute Gasteiger partial charge is 0.408 e. The molecule has 0 radical (unpaired) electrons. The van der Waals surface area contributed by atoms with E-state index < -0.39 is 36.0 Å². The SMILES string of the molecule is COC1=NOC(CNC(=O)[C@@H](NC(=O)OCc2ccccc2)C(Cc2ccccc2)C(=O)O)C1. The van der Waals surface area contributed by atoms with E-state index in [1.807, 2.05) is 6.07 Å². The van der Waals surface area contributed by atoms with E-state index >= 15 is 0 Å². The molecule has 180 valence electrons. The summed E-state index contributed by atoms with van der Waals surface area (Å²) < 4.78 is 10.2. The van der Waals surface area contributed by atoms with Crippen molar-refractivity contribution in [2.24, 2.45) is 11.1 Å². The Morgan fingerprint density at radius 2 is 1.74 bits per heavy atom. The first-order valence-electron chi connectivity index (χ1n) is 10.7. The topological polar surface area (TPSA) is 136 Å². The number of oxime groups is 1. The minimum Gasteiger partial charge on any atom is -0.482 e. The van der Waals surface area contributed by atoms with Gasteiger partial charge in [0.2, 0.25) is 11.8 Å². The third-order valence-corrected chi connectivity index (χ3v) is 5.23. The van der Waals surface area contributed by atoms with Gasteiger partial charge in [-0.2, -0.15) is 0 Å². The number of nitrogens with one attached hydrogen (secondary N) is 2. The number of amides is 2. The second-order valence-corrected chi connectivity index (χ2v) is 7.68. The van der Waals surface area contributed by atoms with Gasteiger partial charge in [-0.1, -0.05) is 65.8 Å². The Balaban J connectivity index is 1.68. The highest BCUT2D eigenvalue weighted by molar-refractivity contribution is 5.90. The lowest BCUT2D eigenvalue weighted by Gasteiger charge is -2.25. The van der Waals surface area contributed by atoms with Crippen LogP contribution in [0.2, 0.25) is 0 Å². The maximum atomic E-state index is 13.0. The molecule has 0 aromatic heterocycles. The Labute approximate surface area is 196 Å². The highest BCUT2D eigenvalue weighted by atomic mass is 16.7. The maximum Gasteiger partial charge on any atom is 0.408 e. The van der Waals surface area contributed by atoms with Crippen molar-refractivity contribution in [1.29, 1.82) is 0 Å². The number of rotatable bonds is 10. The van der Waals surface area contributed by atoms with E-state index in [9.17, 15) is 19.5 Å². The highest BCUT2D eigenvalue weighted by Crippen LogP contribution is 2.16. The highest BCUT2D eigenvalue weighted by Gasteiger charge is 2.36. The van der Waals surface area contributed by atoms with Gasteiger partial charge in [-0.15, -0.1) is 0 Å². The van der Waals surface area contributed by atoms with Crippen LogP contribution in [0.5, 0.6) is 0 Å². The molecule has 0 saturated carbocycles. The fraction of sp³-hybridized carbons (Fsp3) is 0.333. The summed E-state index contributed by atoms with van der Waals surface area (Å²) in [7, 11) is 1.46. The first kappa shape index (κ1) is 24.6. The number of carbonyl (C=O) groups excluding carboxylic acids is 2. The van der Waals surface area contributed by atoms with Gasteiger partial charge in [0.1, 0.15) is 12.6 Å². The van der Waals surface area contributed by atoms with Gasteiger partial charge >= 0.3 is 12.1 Å². The summed E-state index contributed by atoms with van der Waals surface area (Å²) in [5, 5.41) is 18.7. The number of hydrogen-bond donors (Lipinski definition) is 3. The van der Waals surface area contributed by atoms with Crippen molar-refractivity contribution >= 4 is 23.9 Å². The van der Waals surface area contributed by atoms with Crippen molar-refractivity contribution < 1.29 is 33.8 Å². The first-order valence-corrected chi connectivity index (χ1v) is 10.7. The number of benzene rings is 2. The molecule has 34 heavy (non-hydrogen) atoms. The summed E-state index contributed by atoms with van der Waals surface area (Å²) in [6, 6.07) is 16.5. The van der Waals surface area contributed by atoms with E-state index in [1.54, 1.807) is 54.6 Å². The number of ether oxygens (including phenoxy) is 2. The lowest BCUT2D eigenvalue weighted by atomic mass is 9.91. The van der Waals surface area contributed by atoms with Crippen LogP contribution < -0.4 is 10.6 Å². The van der Waals surface area contributed by atoms with Gasteiger partial charge in [-0.3, -0.25) is 9.59 Å². The van der Waals surface area contributed by atoms with E-state index in [4.69, 9.17) is 14.3 Å². The number of carboxylic acid groups (broad SMARTS) is 1. The van der Waals surface area contributed by atoms with Crippen LogP contribution in [-0.4, -0.2) is 54.8 Å². The standard InChI is InChI=1S/C24H27N3O7/c1-32-20-13-18(34-27-20)14-25-22(28)21(19(23(29)30)12-16-8-4-2-5-9-16)26-24(31)33-15-17-10-6-3-7-11-17/h2-11,18-19,21H,12-15H2,1H3,(H,25,28)(H,26,31)(H,29,30)/t18?,19?,21-/m0/s1. The third-order valence-electron chi connectivity index (χ3n) is 5.23. The van der Waals surface area contributed by atoms with Gasteiger partial charge in [-0.25, -0.2) is 4.79 Å². The molecule has 1 aliphatic heterocycles. The average Bonchev–Trinajstić information content (AvgIpc) is 3.32. The normalized spacial score (nSPS) is 16.4. The molecule has 0 bridgehead atoms. The van der Waals surface area contributed by atoms with Crippen LogP contribution >= 0.6 is 0 Å². The zero-order valence-electron chi connectivity index (χ0n) is 18.7. The summed E-state index contributed by atoms with van der Waals surface area (Å²) in [5.41, 5.74) is 1.47. The summed E-state index contributed by atoms with van der Waals surface area (Å²) in [6.07, 6.45) is -0.961. The van der Waals surface area contributed by atoms with Crippen LogP contribution in [0.3, 0.4) is 0 Å². The molecular weight excluding hydrogens is 442 g/mol. The summed E-state index contributed by atoms with van der Waals surface area (Å²) in [5.74, 6) is -2.74. The van der Waals surface area contributed by atoms with Crippen molar-refractivity contribution in [3.8, 4) is 0 Å². The predicted molar refractivity (Wildman–Crippen MR) is 122 cm³/mol. The second kappa shape index (κ2) is 12.2. The van der Waals surface area contributed by atoms with Crippen LogP contribution in [0.1, 0.15) is 17.5 Å². The number of carboxylic acids is 1. The van der Waals surface area contributed by atoms with Crippen LogP contribution in [-0.2, 0) is 36.9 Å². The van der Waals surface area contributed by atoms with Crippen LogP contribution in [0.4, 0.5) is 4.79 Å². The van der Waals surface area contributed by atoms with Crippen molar-refractivity contribution in [3.05, 3.63) is 71.8 Å². The van der Waals surface area contributed by atoms with E-state index in [2.05, 4.69) is 15.8 Å². The zero-order valence-corrected chi connectivity index (χ0v) is 18.7. The third kappa shape index (κ3) is 7.22. The molecule has 2 amide bonds. The van der Waals surface area contributed by atoms with Crippen LogP contribution in [0, 0.1) is 5.92 Å². The number of hydrogen-bond acceptors (Lipinski definition) is 7. The number of carbonyl (C=O) groups is 3. The Morgan fingerprint density at radius 1 is 1.09 bits per heavy atom. The molecule has 3 rings (SSSR count). The van der Waals surface area contributed by atoms with E-state index in [0.29, 0.717) is 17.9 Å². The fourth-order valence-electron chi connectivity index (χ4n) is 3.41. The largest absolute Gasteiger partial charge is 0.482 e. The average molecular weight is 469 g/mol. The summed E-state index contributed by atoms with van der Waals surface area (Å²) in [6.45, 7) is 0.0363. The van der Waals surface area contributed by atoms with Gasteiger partial charge in [-0.05, 0) is 17.5 Å². The minimum absolute atomic E-state index is 0.0233. The molecule has 2 aromatic carbocycles. The van der Waals surface area contributed by atoms with Crippen molar-refractivity contribution in [2.75, 3.05) is 13.7 Å². The van der Waals surface area contributed by atoms with Crippen molar-refractivity contribution in [1.82, 2.24) is 10.6 Å². The lowest BCUT2D eigenvalue weighted by molar-refractivity contribution is -0.145. The molecule has 0 aliphatic carbocycles. The van der Waals surface area contributed by atoms with Crippen molar-refractivity contribution in [2.45, 2.75) is 31.6 Å². The van der Waals surface area contributed by atoms with E-state index in [-0.39, 0.29) is 19.6 Å². The Morgan fingerprint density at radius 3 is 2.32 bits per heavy atom. The summed E-state index contributed by atoms with van der Waals surface area (Å²) in [4.78, 5) is 42.8. The summed E-state index contributed by atoms with van der Waals surface area (Å²) >= 11 is 0. The number of alkyl carbamates (subject to hydrolysis) is 1. The van der Waals surface area contributed by atoms with Gasteiger partial charge in [0, 0.05) is 0 Å². The molecule has 10 nitrogen and oxygen atoms in total. The quantitative estimate of drug-likeness (QED) is 0.485. The Bertz CT molecular complexity index is 998. The van der Waals surface area contributed by atoms with E-state index in [0.717, 1.165) is 5.56 Å². The molecule has 2 unspecified atom stereocenters. The van der Waals surface area contributed by atoms with Crippen LogP contribution in [0.15, 0.2) is 65.8 Å². The number of methoxy groups -OCH3 is 1. The molecule has 2 aromatic rings. The van der Waals surface area contributed by atoms with E-state index in [1.165, 1.54) is 7.11 Å². The fourth-order valence-corrected chi connectivity index (χ4v) is 3.41. The van der Waals surface area contributed by atoms with Gasteiger partial charge in [0.25, 0.3) is 0 Å². The first-order chi connectivity index (χ1) is 16.5. The lowest BCUT2D eigenvalue weighted by Crippen LogP contribution is -2.54. The molecule has 0 saturated heterocycles. The zero-order chi connectivity index (χ0) is 24.3. The monoisotopic (exact) mass is 469 g/mol. The maximum absolute atomic E-state index is 13.0. The molecule has 3 N–H and O–H groups in total. The predicted octanol–water partition coefficient (Wildman–Crippen LogP) is 2.09. The molecule has 10 heteroatoms. The molecular formula is C24H27N3O7. The van der Waals surface area contributed by atoms with Crippen LogP contribution in [0.25, 0.3) is 0 Å². The van der Waals surface area contributed by atoms with Gasteiger partial charge < -0.3 is 30.1 Å². The van der Waals surface area contributed by atoms with Gasteiger partial charge in [0.15, 0.2) is 6.10 Å². The molecule has 0 fully saturated rings. The van der Waals surface area contributed by atoms with Gasteiger partial charge in [0.05, 0.1) is 26.0 Å². The molecule has 3 atom stereocenters. The molecule has 0 spiro atoms. The number of nitrogens with zero attached hydrogens (tertiary/aromatic N) is 1.